The van der Waals surface area contributed by atoms with E-state index in [0.29, 0.717) is 5.82 Å². The molecule has 2 N–H and O–H groups in total. The monoisotopic (exact) mass is 267 g/mol. The van der Waals surface area contributed by atoms with Crippen LogP contribution in [0.15, 0.2) is 35.7 Å². The van der Waals surface area contributed by atoms with Crippen molar-refractivity contribution in [3.63, 3.8) is 0 Å². The molecule has 0 aliphatic rings. The number of anilines is 2. The van der Waals surface area contributed by atoms with E-state index in [0.717, 1.165) is 4.31 Å². The smallest absolute Gasteiger partial charge is 0.284 e. The first kappa shape index (κ1) is 12.4. The molecule has 8 heteroatoms. The third-order valence-corrected chi connectivity index (χ3v) is 4.38. The summed E-state index contributed by atoms with van der Waals surface area (Å²) < 4.78 is 27.2. The first-order valence-corrected chi connectivity index (χ1v) is 6.55. The van der Waals surface area contributed by atoms with E-state index in [1.165, 1.54) is 24.1 Å². The summed E-state index contributed by atoms with van der Waals surface area (Å²) in [6.07, 6.45) is 2.88. The standard InChI is InChI=1S/C10H13N5O2S/c1-14-7-13-9(11)10(14)18(16,17)15(2)8-5-3-4-6-12-8/h3-7H,11H2,1-2H3. The molecule has 0 aliphatic heterocycles. The number of imidazole rings is 1. The van der Waals surface area contributed by atoms with Gasteiger partial charge in [-0.15, -0.1) is 0 Å². The van der Waals surface area contributed by atoms with Gasteiger partial charge in [0.2, 0.25) is 0 Å². The van der Waals surface area contributed by atoms with E-state index in [-0.39, 0.29) is 10.8 Å². The lowest BCUT2D eigenvalue weighted by molar-refractivity contribution is 0.584. The summed E-state index contributed by atoms with van der Waals surface area (Å²) >= 11 is 0. The summed E-state index contributed by atoms with van der Waals surface area (Å²) in [5.74, 6) is 0.290. The van der Waals surface area contributed by atoms with E-state index < -0.39 is 10.0 Å². The predicted molar refractivity (Wildman–Crippen MR) is 67.4 cm³/mol. The molecule has 2 aromatic rings. The highest BCUT2D eigenvalue weighted by Crippen LogP contribution is 2.22. The van der Waals surface area contributed by atoms with Gasteiger partial charge in [0.15, 0.2) is 10.8 Å². The molecule has 0 bridgehead atoms. The Morgan fingerprint density at radius 1 is 1.33 bits per heavy atom. The molecule has 0 radical (unpaired) electrons. The van der Waals surface area contributed by atoms with E-state index in [1.807, 2.05) is 0 Å². The normalized spacial score (nSPS) is 11.4. The van der Waals surface area contributed by atoms with Crippen molar-refractivity contribution >= 4 is 21.7 Å². The number of nitrogens with two attached hydrogens (primary N) is 1. The Bertz CT molecular complexity index is 631. The number of rotatable bonds is 3. The average Bonchev–Trinajstić information content (AvgIpc) is 2.69. The van der Waals surface area contributed by atoms with Crippen LogP contribution < -0.4 is 10.0 Å². The van der Waals surface area contributed by atoms with E-state index in [1.54, 1.807) is 25.2 Å². The second-order valence-corrected chi connectivity index (χ2v) is 5.59. The second kappa shape index (κ2) is 4.30. The Labute approximate surface area is 105 Å². The number of hydrogen-bond acceptors (Lipinski definition) is 5. The van der Waals surface area contributed by atoms with Crippen LogP contribution in [0.25, 0.3) is 0 Å². The molecule has 0 aliphatic carbocycles. The van der Waals surface area contributed by atoms with Crippen LogP contribution in [0.1, 0.15) is 0 Å². The highest BCUT2D eigenvalue weighted by Gasteiger charge is 2.28. The fourth-order valence-electron chi connectivity index (χ4n) is 1.54. The van der Waals surface area contributed by atoms with Crippen LogP contribution >= 0.6 is 0 Å². The predicted octanol–water partition coefficient (Wildman–Crippen LogP) is 0.222. The fourth-order valence-corrected chi connectivity index (χ4v) is 2.89. The van der Waals surface area contributed by atoms with Gasteiger partial charge < -0.3 is 10.3 Å². The van der Waals surface area contributed by atoms with Crippen LogP contribution in [0, 0.1) is 0 Å². The second-order valence-electron chi connectivity index (χ2n) is 3.71. The third kappa shape index (κ3) is 1.90. The lowest BCUT2D eigenvalue weighted by atomic mass is 10.5. The molecule has 0 saturated heterocycles. The topological polar surface area (TPSA) is 94.1 Å². The molecule has 18 heavy (non-hydrogen) atoms. The van der Waals surface area contributed by atoms with Gasteiger partial charge in [-0.05, 0) is 12.1 Å². The minimum atomic E-state index is -3.76. The van der Waals surface area contributed by atoms with Crippen LogP contribution in [0.5, 0.6) is 0 Å². The number of aromatic nitrogens is 3. The number of pyridine rings is 1. The molecule has 96 valence electrons. The Balaban J connectivity index is 2.51. The third-order valence-electron chi connectivity index (χ3n) is 2.49. The maximum Gasteiger partial charge on any atom is 0.284 e. The van der Waals surface area contributed by atoms with Crippen LogP contribution in [0.3, 0.4) is 0 Å². The van der Waals surface area contributed by atoms with Gasteiger partial charge in [0.1, 0.15) is 5.82 Å². The van der Waals surface area contributed by atoms with E-state index in [2.05, 4.69) is 9.97 Å². The number of sulfonamides is 1. The Morgan fingerprint density at radius 2 is 2.06 bits per heavy atom. The Hall–Kier alpha value is -2.09. The van der Waals surface area contributed by atoms with Crippen LogP contribution in [-0.2, 0) is 17.1 Å². The molecular formula is C10H13N5O2S. The first-order chi connectivity index (χ1) is 8.44. The van der Waals surface area contributed by atoms with Crippen molar-refractivity contribution in [2.75, 3.05) is 17.1 Å². The maximum absolute atomic E-state index is 12.4. The lowest BCUT2D eigenvalue weighted by Gasteiger charge is -2.18. The largest absolute Gasteiger partial charge is 0.381 e. The summed E-state index contributed by atoms with van der Waals surface area (Å²) in [6, 6.07) is 5.02. The molecule has 0 spiro atoms. The van der Waals surface area contributed by atoms with E-state index in [9.17, 15) is 8.42 Å². The zero-order valence-electron chi connectivity index (χ0n) is 9.98. The Morgan fingerprint density at radius 3 is 2.56 bits per heavy atom. The average molecular weight is 267 g/mol. The van der Waals surface area contributed by atoms with Crippen molar-refractivity contribution in [3.8, 4) is 0 Å². The first-order valence-electron chi connectivity index (χ1n) is 5.11. The number of hydrogen-bond donors (Lipinski definition) is 1. The number of nitrogen functional groups attached to an aromatic ring is 1. The SMILES string of the molecule is CN(c1ccccn1)S(=O)(=O)c1c(N)ncn1C. The van der Waals surface area contributed by atoms with Gasteiger partial charge in [0, 0.05) is 20.3 Å². The summed E-state index contributed by atoms with van der Waals surface area (Å²) in [6.45, 7) is 0. The summed E-state index contributed by atoms with van der Waals surface area (Å²) in [7, 11) is -0.771. The van der Waals surface area contributed by atoms with Crippen molar-refractivity contribution in [2.24, 2.45) is 7.05 Å². The molecule has 0 aromatic carbocycles. The van der Waals surface area contributed by atoms with Crippen LogP contribution in [0.2, 0.25) is 0 Å². The van der Waals surface area contributed by atoms with Gasteiger partial charge in [0.25, 0.3) is 10.0 Å². The molecule has 0 unspecified atom stereocenters. The molecule has 0 amide bonds. The van der Waals surface area contributed by atoms with Gasteiger partial charge in [-0.3, -0.25) is 4.31 Å². The molecular weight excluding hydrogens is 254 g/mol. The summed E-state index contributed by atoms with van der Waals surface area (Å²) in [4.78, 5) is 7.76. The molecule has 7 nitrogen and oxygen atoms in total. The van der Waals surface area contributed by atoms with Crippen LogP contribution in [0.4, 0.5) is 11.6 Å². The zero-order chi connectivity index (χ0) is 13.3. The summed E-state index contributed by atoms with van der Waals surface area (Å²) in [5.41, 5.74) is 5.59. The molecule has 2 aromatic heterocycles. The minimum absolute atomic E-state index is 0.0275. The highest BCUT2D eigenvalue weighted by molar-refractivity contribution is 7.92. The molecule has 0 fully saturated rings. The molecule has 2 heterocycles. The van der Waals surface area contributed by atoms with Crippen LogP contribution in [-0.4, -0.2) is 30.0 Å². The number of aryl methyl sites for hydroxylation is 1. The summed E-state index contributed by atoms with van der Waals surface area (Å²) in [5, 5.41) is -0.0457. The minimum Gasteiger partial charge on any atom is -0.381 e. The number of nitrogens with zero attached hydrogens (tertiary/aromatic N) is 4. The van der Waals surface area contributed by atoms with Crippen molar-refractivity contribution in [1.29, 1.82) is 0 Å². The lowest BCUT2D eigenvalue weighted by Crippen LogP contribution is -2.29. The Kier molecular flexibility index (Phi) is 2.95. The zero-order valence-corrected chi connectivity index (χ0v) is 10.8. The molecule has 2 rings (SSSR count). The van der Waals surface area contributed by atoms with Gasteiger partial charge in [-0.1, -0.05) is 6.07 Å². The van der Waals surface area contributed by atoms with Crippen molar-refractivity contribution in [3.05, 3.63) is 30.7 Å². The van der Waals surface area contributed by atoms with Crippen molar-refractivity contribution in [2.45, 2.75) is 5.03 Å². The maximum atomic E-state index is 12.4. The highest BCUT2D eigenvalue weighted by atomic mass is 32.2. The quantitative estimate of drug-likeness (QED) is 0.858. The van der Waals surface area contributed by atoms with Gasteiger partial charge in [-0.2, -0.15) is 8.42 Å². The fraction of sp³-hybridized carbons (Fsp3) is 0.200. The van der Waals surface area contributed by atoms with Gasteiger partial charge >= 0.3 is 0 Å². The van der Waals surface area contributed by atoms with Crippen molar-refractivity contribution in [1.82, 2.24) is 14.5 Å². The van der Waals surface area contributed by atoms with Crippen molar-refractivity contribution < 1.29 is 8.42 Å². The van der Waals surface area contributed by atoms with Gasteiger partial charge in [0.05, 0.1) is 6.33 Å². The molecule has 0 saturated carbocycles. The molecule has 0 atom stereocenters. The van der Waals surface area contributed by atoms with E-state index in [4.69, 9.17) is 5.73 Å². The van der Waals surface area contributed by atoms with Gasteiger partial charge in [-0.25, -0.2) is 9.97 Å². The van der Waals surface area contributed by atoms with E-state index >= 15 is 0 Å².